The molecule has 0 saturated heterocycles. The van der Waals surface area contributed by atoms with Gasteiger partial charge in [-0.05, 0) is 23.8 Å². The lowest BCUT2D eigenvalue weighted by Crippen LogP contribution is -2.19. The van der Waals surface area contributed by atoms with Gasteiger partial charge in [-0.3, -0.25) is 0 Å². The molecule has 0 fully saturated rings. The second-order valence-electron chi connectivity index (χ2n) is 2.53. The van der Waals surface area contributed by atoms with E-state index >= 15 is 0 Å². The third-order valence-electron chi connectivity index (χ3n) is 1.59. The fraction of sp³-hybridized carbons (Fsp3) is 0.250. The summed E-state index contributed by atoms with van der Waals surface area (Å²) in [6.07, 6.45) is -2.60. The Kier molecular flexibility index (Phi) is 5.90. The number of hydrogen-bond donors (Lipinski definition) is 1. The van der Waals surface area contributed by atoms with Gasteiger partial charge < -0.3 is 5.73 Å². The van der Waals surface area contributed by atoms with Crippen LogP contribution in [0, 0.1) is 0 Å². The zero-order valence-electron chi connectivity index (χ0n) is 6.88. The minimum Gasteiger partial charge on any atom is -0.319 e. The van der Waals surface area contributed by atoms with Crippen LogP contribution in [0.1, 0.15) is 11.6 Å². The van der Waals surface area contributed by atoms with E-state index in [2.05, 4.69) is 15.9 Å². The Morgan fingerprint density at radius 1 is 1.36 bits per heavy atom. The van der Waals surface area contributed by atoms with Crippen LogP contribution in [0.2, 0.25) is 5.02 Å². The molecule has 1 nitrogen and oxygen atoms in total. The van der Waals surface area contributed by atoms with E-state index < -0.39 is 12.5 Å². The standard InChI is InChI=1S/C8H7BrClF2N.ClH/c9-4-1-2-6(10)5(3-4)7(13)8(11)12;/h1-3,7-8H,13H2;1H/t7-;/m0./s1. The van der Waals surface area contributed by atoms with Crippen LogP contribution in [-0.2, 0) is 0 Å². The molecule has 0 bridgehead atoms. The molecular formula is C8H8BrCl2F2N. The van der Waals surface area contributed by atoms with E-state index in [-0.39, 0.29) is 23.0 Å². The summed E-state index contributed by atoms with van der Waals surface area (Å²) in [6, 6.07) is 3.37. The highest BCUT2D eigenvalue weighted by atomic mass is 79.9. The Morgan fingerprint density at radius 3 is 2.43 bits per heavy atom. The topological polar surface area (TPSA) is 26.0 Å². The van der Waals surface area contributed by atoms with Gasteiger partial charge in [-0.15, -0.1) is 12.4 Å². The van der Waals surface area contributed by atoms with Crippen molar-refractivity contribution in [2.24, 2.45) is 5.73 Å². The van der Waals surface area contributed by atoms with Gasteiger partial charge >= 0.3 is 0 Å². The summed E-state index contributed by atoms with van der Waals surface area (Å²) in [5, 5.41) is 0.260. The smallest absolute Gasteiger partial charge is 0.257 e. The van der Waals surface area contributed by atoms with Crippen molar-refractivity contribution in [3.63, 3.8) is 0 Å². The molecule has 2 N–H and O–H groups in total. The van der Waals surface area contributed by atoms with Crippen LogP contribution in [0.4, 0.5) is 8.78 Å². The predicted octanol–water partition coefficient (Wildman–Crippen LogP) is 3.79. The molecule has 0 aliphatic heterocycles. The molecule has 1 atom stereocenters. The predicted molar refractivity (Wildman–Crippen MR) is 59.3 cm³/mol. The van der Waals surface area contributed by atoms with Gasteiger partial charge in [-0.25, -0.2) is 8.78 Å². The zero-order valence-corrected chi connectivity index (χ0v) is 10.0. The van der Waals surface area contributed by atoms with Gasteiger partial charge in [0.15, 0.2) is 0 Å². The molecule has 80 valence electrons. The van der Waals surface area contributed by atoms with E-state index in [0.29, 0.717) is 4.47 Å². The Labute approximate surface area is 100 Å². The van der Waals surface area contributed by atoms with Crippen molar-refractivity contribution in [3.05, 3.63) is 33.3 Å². The van der Waals surface area contributed by atoms with Crippen molar-refractivity contribution in [1.82, 2.24) is 0 Å². The van der Waals surface area contributed by atoms with Crippen LogP contribution in [0.25, 0.3) is 0 Å². The summed E-state index contributed by atoms with van der Waals surface area (Å²) in [6.45, 7) is 0. The molecule has 6 heteroatoms. The number of rotatable bonds is 2. The van der Waals surface area contributed by atoms with E-state index in [1.165, 1.54) is 12.1 Å². The van der Waals surface area contributed by atoms with Gasteiger partial charge in [0, 0.05) is 9.50 Å². The Hall–Kier alpha value is 0.1000. The van der Waals surface area contributed by atoms with Crippen molar-refractivity contribution >= 4 is 39.9 Å². The summed E-state index contributed by atoms with van der Waals surface area (Å²) in [5.41, 5.74) is 5.51. The number of alkyl halides is 2. The molecule has 0 aliphatic rings. The average molecular weight is 307 g/mol. The van der Waals surface area contributed by atoms with Gasteiger partial charge in [0.2, 0.25) is 0 Å². The summed E-state index contributed by atoms with van der Waals surface area (Å²) < 4.78 is 25.1. The molecule has 1 aromatic rings. The molecule has 0 heterocycles. The average Bonchev–Trinajstić information content (AvgIpc) is 2.08. The van der Waals surface area contributed by atoms with E-state index in [4.69, 9.17) is 17.3 Å². The molecule has 14 heavy (non-hydrogen) atoms. The first kappa shape index (κ1) is 14.1. The normalized spacial score (nSPS) is 12.4. The number of hydrogen-bond acceptors (Lipinski definition) is 1. The van der Waals surface area contributed by atoms with E-state index in [0.717, 1.165) is 0 Å². The maximum atomic E-state index is 12.2. The van der Waals surface area contributed by atoms with Gasteiger partial charge in [-0.1, -0.05) is 27.5 Å². The van der Waals surface area contributed by atoms with Gasteiger partial charge in [-0.2, -0.15) is 0 Å². The maximum Gasteiger partial charge on any atom is 0.257 e. The lowest BCUT2D eigenvalue weighted by molar-refractivity contribution is 0.116. The van der Waals surface area contributed by atoms with E-state index in [1.54, 1.807) is 6.07 Å². The number of benzene rings is 1. The quantitative estimate of drug-likeness (QED) is 0.884. The van der Waals surface area contributed by atoms with Crippen molar-refractivity contribution < 1.29 is 8.78 Å². The van der Waals surface area contributed by atoms with Gasteiger partial charge in [0.1, 0.15) is 0 Å². The summed E-state index contributed by atoms with van der Waals surface area (Å²) in [5.74, 6) is 0. The maximum absolute atomic E-state index is 12.2. The first-order valence-electron chi connectivity index (χ1n) is 3.51. The van der Waals surface area contributed by atoms with Gasteiger partial charge in [0.05, 0.1) is 6.04 Å². The highest BCUT2D eigenvalue weighted by Crippen LogP contribution is 2.28. The Bertz CT molecular complexity index is 309. The van der Waals surface area contributed by atoms with Crippen LogP contribution < -0.4 is 5.73 Å². The summed E-state index contributed by atoms with van der Waals surface area (Å²) >= 11 is 8.86. The SMILES string of the molecule is Cl.N[C@@H](c1cc(Br)ccc1Cl)C(F)F. The number of halogens is 5. The van der Waals surface area contributed by atoms with E-state index in [9.17, 15) is 8.78 Å². The molecule has 0 spiro atoms. The minimum atomic E-state index is -2.60. The molecule has 1 rings (SSSR count). The molecule has 0 aromatic heterocycles. The monoisotopic (exact) mass is 305 g/mol. The largest absolute Gasteiger partial charge is 0.319 e. The molecule has 1 aromatic carbocycles. The fourth-order valence-corrected chi connectivity index (χ4v) is 1.53. The fourth-order valence-electron chi connectivity index (χ4n) is 0.906. The zero-order chi connectivity index (χ0) is 10.0. The van der Waals surface area contributed by atoms with Crippen LogP contribution in [-0.4, -0.2) is 6.43 Å². The Morgan fingerprint density at radius 2 is 1.93 bits per heavy atom. The van der Waals surface area contributed by atoms with Crippen LogP contribution in [0.5, 0.6) is 0 Å². The van der Waals surface area contributed by atoms with Crippen LogP contribution in [0.3, 0.4) is 0 Å². The van der Waals surface area contributed by atoms with Gasteiger partial charge in [0.25, 0.3) is 6.43 Å². The molecule has 0 saturated carbocycles. The molecule has 0 amide bonds. The second-order valence-corrected chi connectivity index (χ2v) is 3.85. The van der Waals surface area contributed by atoms with Crippen molar-refractivity contribution in [1.29, 1.82) is 0 Å². The van der Waals surface area contributed by atoms with Crippen LogP contribution in [0.15, 0.2) is 22.7 Å². The third kappa shape index (κ3) is 3.35. The molecular weight excluding hydrogens is 299 g/mol. The lowest BCUT2D eigenvalue weighted by Gasteiger charge is -2.12. The second kappa shape index (κ2) is 5.85. The van der Waals surface area contributed by atoms with Crippen molar-refractivity contribution in [2.45, 2.75) is 12.5 Å². The number of nitrogens with two attached hydrogens (primary N) is 1. The van der Waals surface area contributed by atoms with E-state index in [1.807, 2.05) is 0 Å². The highest BCUT2D eigenvalue weighted by molar-refractivity contribution is 9.10. The molecule has 0 unspecified atom stereocenters. The lowest BCUT2D eigenvalue weighted by atomic mass is 10.1. The first-order chi connectivity index (χ1) is 6.02. The van der Waals surface area contributed by atoms with Crippen LogP contribution >= 0.6 is 39.9 Å². The summed E-state index contributed by atoms with van der Waals surface area (Å²) in [4.78, 5) is 0. The first-order valence-corrected chi connectivity index (χ1v) is 4.68. The highest BCUT2D eigenvalue weighted by Gasteiger charge is 2.19. The molecule has 0 radical (unpaired) electrons. The third-order valence-corrected chi connectivity index (χ3v) is 2.43. The minimum absolute atomic E-state index is 0. The van der Waals surface area contributed by atoms with Crippen molar-refractivity contribution in [3.8, 4) is 0 Å². The Balaban J connectivity index is 0.00000169. The molecule has 0 aliphatic carbocycles. The summed E-state index contributed by atoms with van der Waals surface area (Å²) in [7, 11) is 0. The van der Waals surface area contributed by atoms with Crippen molar-refractivity contribution in [2.75, 3.05) is 0 Å².